The van der Waals surface area contributed by atoms with Crippen LogP contribution in [-0.2, 0) is 6.61 Å². The summed E-state index contributed by atoms with van der Waals surface area (Å²) in [6, 6.07) is 19.7. The summed E-state index contributed by atoms with van der Waals surface area (Å²) in [5.74, 6) is 2.35. The second-order valence-corrected chi connectivity index (χ2v) is 5.35. The second-order valence-electron chi connectivity index (χ2n) is 5.35. The van der Waals surface area contributed by atoms with Gasteiger partial charge in [-0.25, -0.2) is 0 Å². The van der Waals surface area contributed by atoms with Gasteiger partial charge in [-0.05, 0) is 35.8 Å². The summed E-state index contributed by atoms with van der Waals surface area (Å²) in [6.07, 6.45) is 2.71. The fourth-order valence-electron chi connectivity index (χ4n) is 2.50. The fourth-order valence-corrected chi connectivity index (χ4v) is 2.50. The zero-order valence-corrected chi connectivity index (χ0v) is 11.3. The van der Waals surface area contributed by atoms with E-state index in [-0.39, 0.29) is 0 Å². The lowest BCUT2D eigenvalue weighted by molar-refractivity contribution is 0.300. The van der Waals surface area contributed by atoms with Gasteiger partial charge in [0.2, 0.25) is 0 Å². The number of para-hydroxylation sites is 1. The Morgan fingerprint density at radius 1 is 1.16 bits per heavy atom. The topological polar surface area (TPSA) is 9.23 Å². The summed E-state index contributed by atoms with van der Waals surface area (Å²) in [7, 11) is 0. The van der Waals surface area contributed by atoms with Gasteiger partial charge in [0.1, 0.15) is 12.4 Å². The molecule has 3 rings (SSSR count). The maximum Gasteiger partial charge on any atom is 0.131 e. The van der Waals surface area contributed by atoms with E-state index in [0.717, 1.165) is 11.7 Å². The molecule has 1 fully saturated rings. The first-order chi connectivity index (χ1) is 9.34. The predicted molar refractivity (Wildman–Crippen MR) is 77.2 cm³/mol. The molecule has 0 aromatic heterocycles. The Bertz CT molecular complexity index is 528. The Hall–Kier alpha value is -1.76. The molecule has 0 heterocycles. The SMILES string of the molecule is CC(c1ccc[c]c1OCc1ccccc1)C1CC1. The van der Waals surface area contributed by atoms with Crippen LogP contribution in [-0.4, -0.2) is 0 Å². The van der Waals surface area contributed by atoms with Gasteiger partial charge < -0.3 is 4.74 Å². The molecule has 1 heteroatoms. The minimum atomic E-state index is 0.586. The first kappa shape index (κ1) is 12.3. The van der Waals surface area contributed by atoms with Crippen LogP contribution < -0.4 is 4.74 Å². The van der Waals surface area contributed by atoms with Crippen molar-refractivity contribution < 1.29 is 4.74 Å². The number of benzene rings is 2. The third kappa shape index (κ3) is 2.98. The van der Waals surface area contributed by atoms with Crippen LogP contribution >= 0.6 is 0 Å². The molecule has 0 amide bonds. The molecule has 1 radical (unpaired) electrons. The molecular weight excluding hydrogens is 232 g/mol. The quantitative estimate of drug-likeness (QED) is 0.755. The Morgan fingerprint density at radius 3 is 2.68 bits per heavy atom. The summed E-state index contributed by atoms with van der Waals surface area (Å²) in [6.45, 7) is 2.92. The van der Waals surface area contributed by atoms with Crippen molar-refractivity contribution in [3.63, 3.8) is 0 Å². The molecule has 2 aromatic rings. The Balaban J connectivity index is 1.73. The van der Waals surface area contributed by atoms with E-state index in [1.54, 1.807) is 0 Å². The van der Waals surface area contributed by atoms with E-state index in [2.05, 4.69) is 37.3 Å². The van der Waals surface area contributed by atoms with Gasteiger partial charge in [0, 0.05) is 6.07 Å². The summed E-state index contributed by atoms with van der Waals surface area (Å²) >= 11 is 0. The van der Waals surface area contributed by atoms with Crippen molar-refractivity contribution in [2.75, 3.05) is 0 Å². The fraction of sp³-hybridized carbons (Fsp3) is 0.333. The zero-order chi connectivity index (χ0) is 13.1. The summed E-state index contributed by atoms with van der Waals surface area (Å²) in [5.41, 5.74) is 2.51. The standard InChI is InChI=1S/C18H19O/c1-14(16-11-12-16)17-9-5-6-10-18(17)19-13-15-7-3-2-4-8-15/h2-9,14,16H,11-13H2,1H3. The third-order valence-corrected chi connectivity index (χ3v) is 3.89. The van der Waals surface area contributed by atoms with Gasteiger partial charge in [0.25, 0.3) is 0 Å². The Morgan fingerprint density at radius 2 is 1.95 bits per heavy atom. The normalized spacial score (nSPS) is 16.1. The highest BCUT2D eigenvalue weighted by atomic mass is 16.5. The molecule has 0 N–H and O–H groups in total. The van der Waals surface area contributed by atoms with Crippen LogP contribution in [0.1, 0.15) is 36.8 Å². The van der Waals surface area contributed by atoms with E-state index >= 15 is 0 Å². The van der Waals surface area contributed by atoms with E-state index < -0.39 is 0 Å². The summed E-state index contributed by atoms with van der Waals surface area (Å²) in [5, 5.41) is 0. The molecule has 1 aliphatic carbocycles. The van der Waals surface area contributed by atoms with Crippen molar-refractivity contribution in [2.45, 2.75) is 32.3 Å². The van der Waals surface area contributed by atoms with Crippen molar-refractivity contribution >= 4 is 0 Å². The molecule has 19 heavy (non-hydrogen) atoms. The van der Waals surface area contributed by atoms with Crippen LogP contribution in [0.15, 0.2) is 48.5 Å². The molecule has 97 valence electrons. The molecule has 1 atom stereocenters. The van der Waals surface area contributed by atoms with Crippen molar-refractivity contribution in [1.82, 2.24) is 0 Å². The number of hydrogen-bond acceptors (Lipinski definition) is 1. The maximum atomic E-state index is 5.97. The van der Waals surface area contributed by atoms with E-state index in [0.29, 0.717) is 12.5 Å². The molecular formula is C18H19O. The lowest BCUT2D eigenvalue weighted by Gasteiger charge is -2.16. The first-order valence-corrected chi connectivity index (χ1v) is 7.02. The molecule has 1 nitrogen and oxygen atoms in total. The van der Waals surface area contributed by atoms with E-state index in [1.165, 1.54) is 24.0 Å². The van der Waals surface area contributed by atoms with Crippen LogP contribution in [0.5, 0.6) is 5.75 Å². The molecule has 0 bridgehead atoms. The highest BCUT2D eigenvalue weighted by Gasteiger charge is 2.30. The highest BCUT2D eigenvalue weighted by molar-refractivity contribution is 5.36. The van der Waals surface area contributed by atoms with Crippen LogP contribution in [0.3, 0.4) is 0 Å². The Labute approximate surface area is 115 Å². The van der Waals surface area contributed by atoms with Crippen LogP contribution in [0.2, 0.25) is 0 Å². The molecule has 1 unspecified atom stereocenters. The molecule has 2 aromatic carbocycles. The second kappa shape index (κ2) is 5.48. The average molecular weight is 251 g/mol. The number of hydrogen-bond donors (Lipinski definition) is 0. The molecule has 0 aliphatic heterocycles. The summed E-state index contributed by atoms with van der Waals surface area (Å²) in [4.78, 5) is 0. The van der Waals surface area contributed by atoms with Crippen molar-refractivity contribution in [3.05, 3.63) is 65.7 Å². The van der Waals surface area contributed by atoms with E-state index in [1.807, 2.05) is 24.3 Å². The Kier molecular flexibility index (Phi) is 3.54. The lowest BCUT2D eigenvalue weighted by atomic mass is 9.95. The van der Waals surface area contributed by atoms with Gasteiger partial charge in [-0.3, -0.25) is 0 Å². The minimum absolute atomic E-state index is 0.586. The first-order valence-electron chi connectivity index (χ1n) is 7.02. The van der Waals surface area contributed by atoms with Crippen LogP contribution in [0.4, 0.5) is 0 Å². The van der Waals surface area contributed by atoms with Gasteiger partial charge >= 0.3 is 0 Å². The number of rotatable bonds is 5. The van der Waals surface area contributed by atoms with Crippen molar-refractivity contribution in [2.24, 2.45) is 5.92 Å². The van der Waals surface area contributed by atoms with Gasteiger partial charge in [-0.2, -0.15) is 0 Å². The van der Waals surface area contributed by atoms with Gasteiger partial charge in [-0.1, -0.05) is 55.5 Å². The summed E-state index contributed by atoms with van der Waals surface area (Å²) < 4.78 is 5.97. The molecule has 1 saturated carbocycles. The molecule has 0 spiro atoms. The van der Waals surface area contributed by atoms with E-state index in [9.17, 15) is 0 Å². The lowest BCUT2D eigenvalue weighted by Crippen LogP contribution is -2.02. The van der Waals surface area contributed by atoms with Crippen molar-refractivity contribution in [1.29, 1.82) is 0 Å². The van der Waals surface area contributed by atoms with Gasteiger partial charge in [0.15, 0.2) is 0 Å². The van der Waals surface area contributed by atoms with Crippen LogP contribution in [0.25, 0.3) is 0 Å². The molecule has 0 saturated heterocycles. The van der Waals surface area contributed by atoms with Crippen molar-refractivity contribution in [3.8, 4) is 5.75 Å². The predicted octanol–water partition coefficient (Wildman–Crippen LogP) is 4.58. The smallest absolute Gasteiger partial charge is 0.131 e. The zero-order valence-electron chi connectivity index (χ0n) is 11.3. The molecule has 1 aliphatic rings. The van der Waals surface area contributed by atoms with E-state index in [4.69, 9.17) is 4.74 Å². The number of ether oxygens (including phenoxy) is 1. The third-order valence-electron chi connectivity index (χ3n) is 3.89. The average Bonchev–Trinajstić information content (AvgIpc) is 3.30. The van der Waals surface area contributed by atoms with Gasteiger partial charge in [-0.15, -0.1) is 0 Å². The van der Waals surface area contributed by atoms with Gasteiger partial charge in [0.05, 0.1) is 0 Å². The largest absolute Gasteiger partial charge is 0.488 e. The maximum absolute atomic E-state index is 5.97. The minimum Gasteiger partial charge on any atom is -0.488 e. The highest BCUT2D eigenvalue weighted by Crippen LogP contribution is 2.44. The monoisotopic (exact) mass is 251 g/mol. The van der Waals surface area contributed by atoms with Crippen LogP contribution in [0, 0.1) is 12.0 Å².